The van der Waals surface area contributed by atoms with Crippen molar-refractivity contribution < 1.29 is 47.6 Å². The minimum Gasteiger partial charge on any atom is -0.544 e. The van der Waals surface area contributed by atoms with Gasteiger partial charge >= 0.3 is 24.9 Å². The fraction of sp³-hybridized carbons (Fsp3) is 0.500. The van der Waals surface area contributed by atoms with Crippen molar-refractivity contribution in [1.82, 2.24) is 9.96 Å². The summed E-state index contributed by atoms with van der Waals surface area (Å²) in [5.74, 6) is -2.82. The molecule has 3 amide bonds. The predicted octanol–water partition coefficient (Wildman–Crippen LogP) is -5.11. The number of amides is 3. The number of hydroxylamine groups is 2. The Kier molecular flexibility index (Phi) is 4.80. The number of carbonyl (C=O) groups excluding carboxylic acids is 3. The maximum Gasteiger partial charge on any atom is 1.00 e. The van der Waals surface area contributed by atoms with E-state index < -0.39 is 36.3 Å². The van der Waals surface area contributed by atoms with Crippen LogP contribution in [-0.2, 0) is 14.4 Å². The molecule has 0 saturated carbocycles. The zero-order valence-corrected chi connectivity index (χ0v) is 10.9. The normalized spacial score (nSPS) is 25.9. The molecule has 0 radical (unpaired) electrons. The van der Waals surface area contributed by atoms with Gasteiger partial charge in [-0.15, -0.1) is 0 Å². The van der Waals surface area contributed by atoms with Gasteiger partial charge in [-0.1, -0.05) is 6.08 Å². The predicted molar refractivity (Wildman–Crippen MR) is 55.5 cm³/mol. The van der Waals surface area contributed by atoms with E-state index in [0.29, 0.717) is 10.6 Å². The number of primary amides is 1. The number of rotatable bonds is 4. The molecule has 2 rings (SSSR count). The van der Waals surface area contributed by atoms with Crippen molar-refractivity contribution in [3.63, 3.8) is 0 Å². The van der Waals surface area contributed by atoms with Gasteiger partial charge in [0.2, 0.25) is 5.91 Å². The number of aliphatic carboxylic acids is 1. The molecule has 1 fully saturated rings. The van der Waals surface area contributed by atoms with Crippen LogP contribution in [0.3, 0.4) is 0 Å². The van der Waals surface area contributed by atoms with Gasteiger partial charge in [0.25, 0.3) is 6.36 Å². The monoisotopic (exact) mass is 279 g/mol. The number of alkyl halides is 1. The largest absolute Gasteiger partial charge is 1.00 e. The maximum absolute atomic E-state index is 13.0. The van der Waals surface area contributed by atoms with Gasteiger partial charge in [-0.25, -0.2) is 14.0 Å². The van der Waals surface area contributed by atoms with Crippen molar-refractivity contribution in [2.75, 3.05) is 6.54 Å². The molecule has 0 spiro atoms. The number of urea groups is 1. The van der Waals surface area contributed by atoms with Gasteiger partial charge in [0, 0.05) is 0 Å². The quantitative estimate of drug-likeness (QED) is 0.408. The Bertz CT molecular complexity index is 486. The smallest absolute Gasteiger partial charge is 0.544 e. The topological polar surface area (TPSA) is 116 Å². The van der Waals surface area contributed by atoms with Crippen molar-refractivity contribution in [2.45, 2.75) is 25.4 Å². The molecule has 2 aliphatic rings. The van der Waals surface area contributed by atoms with Crippen molar-refractivity contribution >= 4 is 17.9 Å². The number of halogens is 1. The molecule has 2 heterocycles. The van der Waals surface area contributed by atoms with Crippen LogP contribution in [0.2, 0.25) is 0 Å². The molecule has 3 atom stereocenters. The van der Waals surface area contributed by atoms with Crippen LogP contribution >= 0.6 is 0 Å². The second kappa shape index (κ2) is 5.83. The van der Waals surface area contributed by atoms with Gasteiger partial charge in [-0.05, 0) is 12.5 Å². The van der Waals surface area contributed by atoms with E-state index in [9.17, 15) is 23.9 Å². The third-order valence-corrected chi connectivity index (χ3v) is 3.05. The van der Waals surface area contributed by atoms with Gasteiger partial charge in [0.15, 0.2) is 0 Å². The molecule has 104 valence electrons. The molecule has 0 aromatic rings. The first kappa shape index (κ1) is 16.5. The van der Waals surface area contributed by atoms with Crippen LogP contribution in [0.4, 0.5) is 9.18 Å². The third-order valence-electron chi connectivity index (χ3n) is 3.05. The molecule has 0 unspecified atom stereocenters. The number of nitrogens with two attached hydrogens (primary N) is 1. The molecule has 8 nitrogen and oxygen atoms in total. The fourth-order valence-electron chi connectivity index (χ4n) is 2.11. The maximum atomic E-state index is 13.0. The molecule has 20 heavy (non-hydrogen) atoms. The number of fused-ring (bicyclic) bond motifs is 2. The summed E-state index contributed by atoms with van der Waals surface area (Å²) in [5.41, 5.74) is 5.72. The Labute approximate surface area is 125 Å². The molecular formula is C10H11FLiN3O5. The summed E-state index contributed by atoms with van der Waals surface area (Å²) >= 11 is 0. The van der Waals surface area contributed by atoms with E-state index in [4.69, 9.17) is 5.73 Å². The Morgan fingerprint density at radius 1 is 1.60 bits per heavy atom. The van der Waals surface area contributed by atoms with Crippen LogP contribution in [0, 0.1) is 0 Å². The second-order valence-corrected chi connectivity index (χ2v) is 4.27. The van der Waals surface area contributed by atoms with Crippen LogP contribution in [-0.4, -0.2) is 52.9 Å². The molecule has 0 aliphatic carbocycles. The number of hydrogen-bond acceptors (Lipinski definition) is 5. The van der Waals surface area contributed by atoms with Crippen molar-refractivity contribution in [3.8, 4) is 0 Å². The first-order valence-corrected chi connectivity index (χ1v) is 5.42. The van der Waals surface area contributed by atoms with E-state index in [-0.39, 0.29) is 25.4 Å². The Morgan fingerprint density at radius 3 is 2.70 bits per heavy atom. The molecule has 2 bridgehead atoms. The average Bonchev–Trinajstić information content (AvgIpc) is 2.60. The minimum absolute atomic E-state index is 0. The van der Waals surface area contributed by atoms with E-state index >= 15 is 0 Å². The number of nitrogens with zero attached hydrogens (tertiary/aromatic N) is 2. The van der Waals surface area contributed by atoms with Crippen LogP contribution in [0.15, 0.2) is 11.6 Å². The van der Waals surface area contributed by atoms with Crippen LogP contribution in [0.5, 0.6) is 0 Å². The third kappa shape index (κ3) is 2.65. The number of carboxylic acid groups (broad SMARTS) is 1. The minimum atomic E-state index is -2.76. The van der Waals surface area contributed by atoms with E-state index in [1.54, 1.807) is 6.92 Å². The molecule has 1 saturated heterocycles. The van der Waals surface area contributed by atoms with Gasteiger partial charge < -0.3 is 20.5 Å². The zero-order chi connectivity index (χ0) is 14.3. The van der Waals surface area contributed by atoms with Gasteiger partial charge in [-0.3, -0.25) is 4.79 Å². The molecule has 2 aliphatic heterocycles. The molecule has 2 N–H and O–H groups in total. The summed E-state index contributed by atoms with van der Waals surface area (Å²) in [7, 11) is 0. The Morgan fingerprint density at radius 2 is 2.20 bits per heavy atom. The number of hydrogen-bond donors (Lipinski definition) is 1. The first-order chi connectivity index (χ1) is 8.82. The molecule has 10 heteroatoms. The Hall–Kier alpha value is -1.56. The Balaban J connectivity index is 0.00000200. The second-order valence-electron chi connectivity index (χ2n) is 4.27. The first-order valence-electron chi connectivity index (χ1n) is 5.42. The van der Waals surface area contributed by atoms with Crippen LogP contribution in [0.25, 0.3) is 0 Å². The molecule has 0 aromatic carbocycles. The average molecular weight is 279 g/mol. The molecule has 0 aromatic heterocycles. The van der Waals surface area contributed by atoms with E-state index in [1.165, 1.54) is 6.08 Å². The van der Waals surface area contributed by atoms with E-state index in [0.717, 1.165) is 4.90 Å². The van der Waals surface area contributed by atoms with Gasteiger partial charge in [0.05, 0.1) is 6.54 Å². The van der Waals surface area contributed by atoms with Crippen molar-refractivity contribution in [1.29, 1.82) is 0 Å². The standard InChI is InChI=1S/C10H12FN3O5.Li/c1-4-2-5(8(12)15)13-3-6(4)14(10(13)18)19-7(11)9(16)17;/h2,5-7H,3H2,1H3,(H2,12,15)(H,16,17);/q;+1/p-1/t5-,6-,7-;/m0./s1. The van der Waals surface area contributed by atoms with Crippen LogP contribution < -0.4 is 29.7 Å². The molecular weight excluding hydrogens is 268 g/mol. The van der Waals surface area contributed by atoms with E-state index in [1.807, 2.05) is 0 Å². The van der Waals surface area contributed by atoms with Crippen molar-refractivity contribution in [2.24, 2.45) is 5.73 Å². The van der Waals surface area contributed by atoms with Gasteiger partial charge in [-0.2, -0.15) is 5.06 Å². The van der Waals surface area contributed by atoms with Crippen molar-refractivity contribution in [3.05, 3.63) is 11.6 Å². The van der Waals surface area contributed by atoms with E-state index in [2.05, 4.69) is 4.84 Å². The summed E-state index contributed by atoms with van der Waals surface area (Å²) in [6.45, 7) is 1.69. The summed E-state index contributed by atoms with van der Waals surface area (Å²) in [6, 6.07) is -2.41. The zero-order valence-electron chi connectivity index (χ0n) is 10.9. The fourth-order valence-corrected chi connectivity index (χ4v) is 2.11. The van der Waals surface area contributed by atoms with Crippen LogP contribution in [0.1, 0.15) is 6.92 Å². The number of carboxylic acids is 1. The summed E-state index contributed by atoms with van der Waals surface area (Å²) in [4.78, 5) is 38.9. The summed E-state index contributed by atoms with van der Waals surface area (Å²) in [5, 5.41) is 10.9. The summed E-state index contributed by atoms with van der Waals surface area (Å²) < 4.78 is 13.0. The number of carbonyl (C=O) groups is 3. The summed E-state index contributed by atoms with van der Waals surface area (Å²) in [6.07, 6.45) is -1.30. The van der Waals surface area contributed by atoms with Gasteiger partial charge in [0.1, 0.15) is 18.1 Å². The SMILES string of the molecule is CC1=C[C@@H](C(N)=O)N2C[C@@H]1N(O[C@H](F)C(=O)[O-])C2=O.[Li+].